The van der Waals surface area contributed by atoms with Gasteiger partial charge in [-0.25, -0.2) is 0 Å². The van der Waals surface area contributed by atoms with Gasteiger partial charge in [0, 0.05) is 6.54 Å². The van der Waals surface area contributed by atoms with E-state index < -0.39 is 11.8 Å². The first-order chi connectivity index (χ1) is 15.9. The number of rotatable bonds is 6. The summed E-state index contributed by atoms with van der Waals surface area (Å²) < 4.78 is 6.57. The number of fused-ring (bicyclic) bond motifs is 1. The second kappa shape index (κ2) is 9.87. The Morgan fingerprint density at radius 2 is 1.88 bits per heavy atom. The van der Waals surface area contributed by atoms with E-state index in [1.165, 1.54) is 17.1 Å². The van der Waals surface area contributed by atoms with E-state index in [-0.39, 0.29) is 17.2 Å². The van der Waals surface area contributed by atoms with Crippen molar-refractivity contribution < 1.29 is 14.3 Å². The molecule has 33 heavy (non-hydrogen) atoms. The summed E-state index contributed by atoms with van der Waals surface area (Å²) >= 11 is 15.0. The Kier molecular flexibility index (Phi) is 6.93. The minimum atomic E-state index is -0.561. The van der Waals surface area contributed by atoms with E-state index in [0.717, 1.165) is 16.3 Å². The number of halogens is 2. The first-order valence-electron chi connectivity index (χ1n) is 9.96. The standard InChI is InChI=1S/C25H18BrClN2O3S/c1-2-9-29-24(31)19(23(30)28-25(29)33)11-16-12-20(26)22(21(27)13-16)32-14-15-7-8-17-5-3-4-6-18(17)10-15/h2-8,10-13H,1,9,14H2,(H,28,30,33)/b19-11+. The molecule has 8 heteroatoms. The highest BCUT2D eigenvalue weighted by Gasteiger charge is 2.32. The van der Waals surface area contributed by atoms with Crippen LogP contribution in [0.3, 0.4) is 0 Å². The summed E-state index contributed by atoms with van der Waals surface area (Å²) in [7, 11) is 0. The molecule has 1 saturated heterocycles. The van der Waals surface area contributed by atoms with Crippen LogP contribution in [-0.2, 0) is 16.2 Å². The van der Waals surface area contributed by atoms with Crippen LogP contribution in [0.5, 0.6) is 5.75 Å². The van der Waals surface area contributed by atoms with Gasteiger partial charge in [-0.3, -0.25) is 19.8 Å². The van der Waals surface area contributed by atoms with Crippen molar-refractivity contribution in [3.8, 4) is 5.75 Å². The normalized spacial score (nSPS) is 15.2. The molecule has 1 heterocycles. The Morgan fingerprint density at radius 3 is 2.61 bits per heavy atom. The predicted molar refractivity (Wildman–Crippen MR) is 138 cm³/mol. The van der Waals surface area contributed by atoms with Crippen LogP contribution >= 0.6 is 39.7 Å². The van der Waals surface area contributed by atoms with Gasteiger partial charge < -0.3 is 4.74 Å². The molecule has 0 bridgehead atoms. The maximum atomic E-state index is 12.7. The highest BCUT2D eigenvalue weighted by molar-refractivity contribution is 9.10. The Balaban J connectivity index is 1.56. The number of hydrogen-bond donors (Lipinski definition) is 1. The number of amides is 2. The van der Waals surface area contributed by atoms with Gasteiger partial charge in [-0.05, 0) is 74.3 Å². The fraction of sp³-hybridized carbons (Fsp3) is 0.0800. The van der Waals surface area contributed by atoms with Gasteiger partial charge in [-0.1, -0.05) is 54.1 Å². The Bertz CT molecular complexity index is 1320. The molecule has 1 aliphatic rings. The topological polar surface area (TPSA) is 58.6 Å². The van der Waals surface area contributed by atoms with Gasteiger partial charge >= 0.3 is 0 Å². The summed E-state index contributed by atoms with van der Waals surface area (Å²) in [5, 5.41) is 5.21. The van der Waals surface area contributed by atoms with Crippen molar-refractivity contribution in [2.75, 3.05) is 6.54 Å². The minimum absolute atomic E-state index is 0.0433. The number of benzene rings is 3. The van der Waals surface area contributed by atoms with Crippen molar-refractivity contribution in [1.29, 1.82) is 0 Å². The largest absolute Gasteiger partial charge is 0.486 e. The molecule has 4 rings (SSSR count). The zero-order valence-corrected chi connectivity index (χ0v) is 20.5. The van der Waals surface area contributed by atoms with Gasteiger partial charge in [0.25, 0.3) is 11.8 Å². The van der Waals surface area contributed by atoms with Crippen LogP contribution in [0.4, 0.5) is 0 Å². The molecule has 0 aliphatic carbocycles. The predicted octanol–water partition coefficient (Wildman–Crippen LogP) is 5.65. The fourth-order valence-electron chi connectivity index (χ4n) is 3.44. The van der Waals surface area contributed by atoms with Crippen LogP contribution in [0.25, 0.3) is 16.8 Å². The second-order valence-corrected chi connectivity index (χ2v) is 8.95. The number of thiocarbonyl (C=S) groups is 1. The van der Waals surface area contributed by atoms with Gasteiger partial charge in [0.2, 0.25) is 0 Å². The summed E-state index contributed by atoms with van der Waals surface area (Å²) in [6.45, 7) is 4.14. The van der Waals surface area contributed by atoms with E-state index in [9.17, 15) is 9.59 Å². The highest BCUT2D eigenvalue weighted by Crippen LogP contribution is 2.36. The first kappa shape index (κ1) is 23.2. The lowest BCUT2D eigenvalue weighted by Gasteiger charge is -2.27. The van der Waals surface area contributed by atoms with Crippen LogP contribution in [0.2, 0.25) is 5.02 Å². The molecule has 1 N–H and O–H groups in total. The SMILES string of the molecule is C=CCN1C(=O)/C(=C/c2cc(Cl)c(OCc3ccc4ccccc4c3)c(Br)c2)C(=O)NC1=S. The quantitative estimate of drug-likeness (QED) is 0.190. The Labute approximate surface area is 209 Å². The molecule has 0 radical (unpaired) electrons. The average molecular weight is 542 g/mol. The van der Waals surface area contributed by atoms with Crippen LogP contribution in [0.1, 0.15) is 11.1 Å². The van der Waals surface area contributed by atoms with Crippen LogP contribution in [0.15, 0.2) is 77.3 Å². The smallest absolute Gasteiger partial charge is 0.265 e. The lowest BCUT2D eigenvalue weighted by atomic mass is 10.1. The maximum absolute atomic E-state index is 12.7. The molecule has 1 aliphatic heterocycles. The van der Waals surface area contributed by atoms with Crippen LogP contribution in [0, 0.1) is 0 Å². The van der Waals surface area contributed by atoms with E-state index in [1.54, 1.807) is 12.1 Å². The van der Waals surface area contributed by atoms with Crippen molar-refractivity contribution in [2.24, 2.45) is 0 Å². The summed E-state index contributed by atoms with van der Waals surface area (Å²) in [6.07, 6.45) is 3.01. The van der Waals surface area contributed by atoms with Crippen molar-refractivity contribution in [1.82, 2.24) is 10.2 Å². The average Bonchev–Trinajstić information content (AvgIpc) is 2.79. The molecule has 0 unspecified atom stereocenters. The molecule has 2 amide bonds. The number of ether oxygens (including phenoxy) is 1. The molecule has 1 fully saturated rings. The molecule has 0 saturated carbocycles. The number of hydrogen-bond acceptors (Lipinski definition) is 4. The van der Waals surface area contributed by atoms with E-state index >= 15 is 0 Å². The summed E-state index contributed by atoms with van der Waals surface area (Å²) in [5.74, 6) is -0.581. The third kappa shape index (κ3) is 5.00. The molecule has 3 aromatic rings. The van der Waals surface area contributed by atoms with Gasteiger partial charge in [0.15, 0.2) is 10.9 Å². The van der Waals surface area contributed by atoms with Crippen molar-refractivity contribution in [3.63, 3.8) is 0 Å². The molecule has 3 aromatic carbocycles. The Hall–Kier alpha value is -3.00. The van der Waals surface area contributed by atoms with Gasteiger partial charge in [0.1, 0.15) is 12.2 Å². The third-order valence-corrected chi connectivity index (χ3v) is 6.22. The van der Waals surface area contributed by atoms with E-state index in [0.29, 0.717) is 27.4 Å². The lowest BCUT2D eigenvalue weighted by Crippen LogP contribution is -2.53. The van der Waals surface area contributed by atoms with E-state index in [4.69, 9.17) is 28.6 Å². The number of carbonyl (C=O) groups is 2. The summed E-state index contributed by atoms with van der Waals surface area (Å²) in [6, 6.07) is 17.6. The zero-order chi connectivity index (χ0) is 23.5. The number of nitrogens with zero attached hydrogens (tertiary/aromatic N) is 1. The number of nitrogens with one attached hydrogen (secondary N) is 1. The first-order valence-corrected chi connectivity index (χ1v) is 11.5. The number of carbonyl (C=O) groups excluding carboxylic acids is 2. The fourth-order valence-corrected chi connectivity index (χ4v) is 4.68. The minimum Gasteiger partial charge on any atom is -0.486 e. The monoisotopic (exact) mass is 540 g/mol. The molecular weight excluding hydrogens is 524 g/mol. The van der Waals surface area contributed by atoms with Crippen molar-refractivity contribution >= 4 is 73.5 Å². The molecular formula is C25H18BrClN2O3S. The molecule has 5 nitrogen and oxygen atoms in total. The zero-order valence-electron chi connectivity index (χ0n) is 17.3. The lowest BCUT2D eigenvalue weighted by molar-refractivity contribution is -0.128. The third-order valence-electron chi connectivity index (χ3n) is 5.03. The summed E-state index contributed by atoms with van der Waals surface area (Å²) in [4.78, 5) is 26.3. The maximum Gasteiger partial charge on any atom is 0.265 e. The molecule has 0 aromatic heterocycles. The van der Waals surface area contributed by atoms with Crippen LogP contribution in [-0.4, -0.2) is 28.4 Å². The van der Waals surface area contributed by atoms with Gasteiger partial charge in [0.05, 0.1) is 9.50 Å². The Morgan fingerprint density at radius 1 is 1.12 bits per heavy atom. The highest BCUT2D eigenvalue weighted by atomic mass is 79.9. The second-order valence-electron chi connectivity index (χ2n) is 7.31. The van der Waals surface area contributed by atoms with Gasteiger partial charge in [-0.2, -0.15) is 0 Å². The van der Waals surface area contributed by atoms with E-state index in [2.05, 4.69) is 46.0 Å². The van der Waals surface area contributed by atoms with E-state index in [1.807, 2.05) is 24.3 Å². The van der Waals surface area contributed by atoms with Crippen LogP contribution < -0.4 is 10.1 Å². The molecule has 166 valence electrons. The molecule has 0 spiro atoms. The van der Waals surface area contributed by atoms with Crippen molar-refractivity contribution in [2.45, 2.75) is 6.61 Å². The van der Waals surface area contributed by atoms with Crippen molar-refractivity contribution in [3.05, 3.63) is 93.4 Å². The molecule has 0 atom stereocenters. The summed E-state index contributed by atoms with van der Waals surface area (Å²) in [5.41, 5.74) is 1.53. The van der Waals surface area contributed by atoms with Gasteiger partial charge in [-0.15, -0.1) is 6.58 Å².